The monoisotopic (exact) mass is 319 g/mol. The second-order valence-electron chi connectivity index (χ2n) is 3.53. The zero-order valence-corrected chi connectivity index (χ0v) is 10.3. The SMILES string of the molecule is O=C(O)Cc1c(OC(F)(F)F)ncc(CCl)c1C(F)F. The van der Waals surface area contributed by atoms with Gasteiger partial charge in [0.05, 0.1) is 6.42 Å². The van der Waals surface area contributed by atoms with Crippen molar-refractivity contribution in [2.75, 3.05) is 0 Å². The molecule has 0 radical (unpaired) electrons. The van der Waals surface area contributed by atoms with E-state index in [9.17, 15) is 26.7 Å². The summed E-state index contributed by atoms with van der Waals surface area (Å²) in [4.78, 5) is 13.8. The molecule has 1 aromatic heterocycles. The fraction of sp³-hybridized carbons (Fsp3) is 0.400. The average molecular weight is 320 g/mol. The summed E-state index contributed by atoms with van der Waals surface area (Å²) in [6.45, 7) is 0. The molecule has 0 saturated carbocycles. The summed E-state index contributed by atoms with van der Waals surface area (Å²) in [5, 5.41) is 8.62. The lowest BCUT2D eigenvalue weighted by Gasteiger charge is -2.16. The first-order valence-corrected chi connectivity index (χ1v) is 5.51. The molecule has 4 nitrogen and oxygen atoms in total. The minimum absolute atomic E-state index is 0.257. The largest absolute Gasteiger partial charge is 0.574 e. The van der Waals surface area contributed by atoms with E-state index in [4.69, 9.17) is 16.7 Å². The number of alkyl halides is 6. The third-order valence-corrected chi connectivity index (χ3v) is 2.46. The maximum absolute atomic E-state index is 12.9. The van der Waals surface area contributed by atoms with Crippen molar-refractivity contribution < 1.29 is 36.6 Å². The molecule has 0 aromatic carbocycles. The maximum Gasteiger partial charge on any atom is 0.574 e. The van der Waals surface area contributed by atoms with Gasteiger partial charge in [-0.05, 0) is 5.56 Å². The fourth-order valence-corrected chi connectivity index (χ4v) is 1.70. The molecular formula is C10H7ClF5NO3. The molecule has 0 unspecified atom stereocenters. The number of carboxylic acid groups (broad SMARTS) is 1. The number of ether oxygens (including phenoxy) is 1. The van der Waals surface area contributed by atoms with Crippen molar-refractivity contribution in [3.05, 3.63) is 22.9 Å². The molecule has 0 amide bonds. The number of rotatable bonds is 5. The molecule has 0 aliphatic heterocycles. The van der Waals surface area contributed by atoms with Crippen LogP contribution in [0.25, 0.3) is 0 Å². The van der Waals surface area contributed by atoms with Gasteiger partial charge in [-0.1, -0.05) is 0 Å². The minimum atomic E-state index is -5.18. The van der Waals surface area contributed by atoms with Crippen LogP contribution in [0.5, 0.6) is 5.88 Å². The normalized spacial score (nSPS) is 11.8. The first kappa shape index (κ1) is 16.4. The van der Waals surface area contributed by atoms with Crippen molar-refractivity contribution in [3.63, 3.8) is 0 Å². The first-order chi connectivity index (χ1) is 9.15. The Balaban J connectivity index is 3.44. The Hall–Kier alpha value is -1.64. The molecular weight excluding hydrogens is 313 g/mol. The van der Waals surface area contributed by atoms with Crippen LogP contribution in [-0.2, 0) is 17.1 Å². The van der Waals surface area contributed by atoms with E-state index < -0.39 is 48.1 Å². The summed E-state index contributed by atoms with van der Waals surface area (Å²) in [5.41, 5.74) is -2.01. The number of pyridine rings is 1. The van der Waals surface area contributed by atoms with Gasteiger partial charge in [-0.25, -0.2) is 13.8 Å². The van der Waals surface area contributed by atoms with Gasteiger partial charge in [0.2, 0.25) is 5.88 Å². The van der Waals surface area contributed by atoms with Crippen LogP contribution in [-0.4, -0.2) is 22.4 Å². The minimum Gasteiger partial charge on any atom is -0.481 e. The molecule has 1 rings (SSSR count). The Bertz CT molecular complexity index is 506. The highest BCUT2D eigenvalue weighted by Gasteiger charge is 2.35. The number of carbonyl (C=O) groups is 1. The number of hydrogen-bond donors (Lipinski definition) is 1. The predicted octanol–water partition coefficient (Wildman–Crippen LogP) is 3.28. The highest BCUT2D eigenvalue weighted by molar-refractivity contribution is 6.17. The second kappa shape index (κ2) is 6.21. The Kier molecular flexibility index (Phi) is 5.09. The van der Waals surface area contributed by atoms with E-state index in [1.54, 1.807) is 0 Å². The van der Waals surface area contributed by atoms with Crippen molar-refractivity contribution in [2.24, 2.45) is 0 Å². The molecule has 1 aromatic rings. The Labute approximate surface area is 114 Å². The van der Waals surface area contributed by atoms with Gasteiger partial charge in [0.25, 0.3) is 6.43 Å². The van der Waals surface area contributed by atoms with Crippen molar-refractivity contribution in [3.8, 4) is 5.88 Å². The van der Waals surface area contributed by atoms with E-state index in [1.165, 1.54) is 0 Å². The van der Waals surface area contributed by atoms with Gasteiger partial charge in [-0.2, -0.15) is 0 Å². The molecule has 1 heterocycles. The zero-order valence-electron chi connectivity index (χ0n) is 9.55. The van der Waals surface area contributed by atoms with Crippen LogP contribution in [0.3, 0.4) is 0 Å². The number of halogens is 6. The van der Waals surface area contributed by atoms with E-state index >= 15 is 0 Å². The molecule has 0 aliphatic rings. The van der Waals surface area contributed by atoms with Gasteiger partial charge >= 0.3 is 12.3 Å². The van der Waals surface area contributed by atoms with Crippen LogP contribution in [0.15, 0.2) is 6.20 Å². The van der Waals surface area contributed by atoms with Crippen molar-refractivity contribution in [1.29, 1.82) is 0 Å². The van der Waals surface area contributed by atoms with Gasteiger partial charge in [0.1, 0.15) is 0 Å². The topological polar surface area (TPSA) is 59.4 Å². The number of carboxylic acids is 1. The maximum atomic E-state index is 12.9. The van der Waals surface area contributed by atoms with Crippen molar-refractivity contribution >= 4 is 17.6 Å². The van der Waals surface area contributed by atoms with E-state index in [-0.39, 0.29) is 5.56 Å². The van der Waals surface area contributed by atoms with Gasteiger partial charge in [-0.3, -0.25) is 4.79 Å². The molecule has 10 heteroatoms. The standard InChI is InChI=1S/C10H7ClF5NO3/c11-2-4-3-17-9(20-10(14,15)16)5(1-6(18)19)7(4)8(12)13/h3,8H,1-2H2,(H,18,19). The van der Waals surface area contributed by atoms with E-state index in [1.807, 2.05) is 0 Å². The third-order valence-electron chi connectivity index (χ3n) is 2.17. The molecule has 0 spiro atoms. The van der Waals surface area contributed by atoms with Crippen LogP contribution in [0.4, 0.5) is 22.0 Å². The summed E-state index contributed by atoms with van der Waals surface area (Å²) >= 11 is 5.39. The molecule has 1 N–H and O–H groups in total. The third kappa shape index (κ3) is 4.19. The smallest absolute Gasteiger partial charge is 0.481 e. The molecule has 0 saturated heterocycles. The molecule has 112 valence electrons. The van der Waals surface area contributed by atoms with E-state index in [2.05, 4.69) is 9.72 Å². The van der Waals surface area contributed by atoms with Crippen LogP contribution in [0.2, 0.25) is 0 Å². The lowest BCUT2D eigenvalue weighted by Crippen LogP contribution is -2.21. The van der Waals surface area contributed by atoms with E-state index in [0.29, 0.717) is 6.20 Å². The highest BCUT2D eigenvalue weighted by atomic mass is 35.5. The Morgan fingerprint density at radius 2 is 2.05 bits per heavy atom. The van der Waals surface area contributed by atoms with Gasteiger partial charge in [0.15, 0.2) is 0 Å². The molecule has 0 atom stereocenters. The summed E-state index contributed by atoms with van der Waals surface area (Å²) in [5.74, 6) is -3.28. The highest BCUT2D eigenvalue weighted by Crippen LogP contribution is 2.34. The number of nitrogens with zero attached hydrogens (tertiary/aromatic N) is 1. The molecule has 0 bridgehead atoms. The number of aliphatic carboxylic acids is 1. The Morgan fingerprint density at radius 1 is 1.45 bits per heavy atom. The fourth-order valence-electron chi connectivity index (χ4n) is 1.49. The lowest BCUT2D eigenvalue weighted by molar-refractivity contribution is -0.276. The van der Waals surface area contributed by atoms with Crippen LogP contribution in [0, 0.1) is 0 Å². The summed E-state index contributed by atoms with van der Waals surface area (Å²) in [6, 6.07) is 0. The molecule has 0 aliphatic carbocycles. The lowest BCUT2D eigenvalue weighted by atomic mass is 10.0. The van der Waals surface area contributed by atoms with Gasteiger partial charge in [0, 0.05) is 23.2 Å². The zero-order chi connectivity index (χ0) is 15.5. The van der Waals surface area contributed by atoms with Crippen molar-refractivity contribution in [1.82, 2.24) is 4.98 Å². The molecule has 20 heavy (non-hydrogen) atoms. The molecule has 0 fully saturated rings. The first-order valence-electron chi connectivity index (χ1n) is 4.98. The van der Waals surface area contributed by atoms with E-state index in [0.717, 1.165) is 0 Å². The van der Waals surface area contributed by atoms with Crippen LogP contribution in [0.1, 0.15) is 23.1 Å². The predicted molar refractivity (Wildman–Crippen MR) is 56.8 cm³/mol. The summed E-state index contributed by atoms with van der Waals surface area (Å²) in [7, 11) is 0. The summed E-state index contributed by atoms with van der Waals surface area (Å²) < 4.78 is 65.8. The van der Waals surface area contributed by atoms with Crippen LogP contribution >= 0.6 is 11.6 Å². The Morgan fingerprint density at radius 3 is 2.45 bits per heavy atom. The van der Waals surface area contributed by atoms with Crippen molar-refractivity contribution in [2.45, 2.75) is 25.1 Å². The quantitative estimate of drug-likeness (QED) is 0.668. The summed E-state index contributed by atoms with van der Waals surface area (Å²) in [6.07, 6.45) is -8.79. The average Bonchev–Trinajstić information content (AvgIpc) is 2.28. The van der Waals surface area contributed by atoms with Gasteiger partial charge < -0.3 is 9.84 Å². The number of hydrogen-bond acceptors (Lipinski definition) is 3. The number of aromatic nitrogens is 1. The van der Waals surface area contributed by atoms with Gasteiger partial charge in [-0.15, -0.1) is 24.8 Å². The second-order valence-corrected chi connectivity index (χ2v) is 3.80. The van der Waals surface area contributed by atoms with Crippen LogP contribution < -0.4 is 4.74 Å².